The molecule has 212 valence electrons. The van der Waals surface area contributed by atoms with E-state index in [-0.39, 0.29) is 12.0 Å². The quantitative estimate of drug-likeness (QED) is 0.357. The van der Waals surface area contributed by atoms with Gasteiger partial charge in [0, 0.05) is 51.0 Å². The maximum atomic E-state index is 12.4. The number of amides is 1. The van der Waals surface area contributed by atoms with Gasteiger partial charge in [0.25, 0.3) is 0 Å². The maximum absolute atomic E-state index is 12.4. The minimum absolute atomic E-state index is 0.238. The molecule has 3 N–H and O–H groups in total. The van der Waals surface area contributed by atoms with Gasteiger partial charge in [-0.15, -0.1) is 0 Å². The lowest BCUT2D eigenvalue weighted by molar-refractivity contribution is 0.0139. The highest BCUT2D eigenvalue weighted by Gasteiger charge is 2.26. The number of rotatable bonds is 10. The number of hydrogen-bond acceptors (Lipinski definition) is 8. The van der Waals surface area contributed by atoms with Crippen LogP contribution in [0.5, 0.6) is 5.75 Å². The summed E-state index contributed by atoms with van der Waals surface area (Å²) in [4.78, 5) is 25.4. The van der Waals surface area contributed by atoms with Crippen LogP contribution in [-0.2, 0) is 17.8 Å². The second kappa shape index (κ2) is 12.5. The summed E-state index contributed by atoms with van der Waals surface area (Å²) in [7, 11) is 1.71. The van der Waals surface area contributed by atoms with Crippen LogP contribution in [0.15, 0.2) is 30.5 Å². The van der Waals surface area contributed by atoms with E-state index in [1.54, 1.807) is 12.0 Å². The van der Waals surface area contributed by atoms with Crippen molar-refractivity contribution in [3.8, 4) is 5.75 Å². The normalized spacial score (nSPS) is 14.5. The van der Waals surface area contributed by atoms with E-state index in [1.807, 2.05) is 33.0 Å². The topological polar surface area (TPSA) is 111 Å². The monoisotopic (exact) mass is 537 g/mol. The van der Waals surface area contributed by atoms with Crippen molar-refractivity contribution in [1.82, 2.24) is 24.3 Å². The lowest BCUT2D eigenvalue weighted by Gasteiger charge is -2.35. The number of methoxy groups -OCH3 is 1. The van der Waals surface area contributed by atoms with Crippen LogP contribution in [0.3, 0.4) is 0 Å². The second-order valence-electron chi connectivity index (χ2n) is 11.1. The van der Waals surface area contributed by atoms with Crippen LogP contribution in [0.25, 0.3) is 11.0 Å². The van der Waals surface area contributed by atoms with Gasteiger partial charge in [0.05, 0.1) is 19.2 Å². The first-order valence-electron chi connectivity index (χ1n) is 13.9. The molecule has 2 aromatic heterocycles. The molecule has 3 heterocycles. The van der Waals surface area contributed by atoms with E-state index in [9.17, 15) is 4.79 Å². The fourth-order valence-corrected chi connectivity index (χ4v) is 4.84. The molecule has 1 aliphatic rings. The van der Waals surface area contributed by atoms with Crippen molar-refractivity contribution >= 4 is 28.9 Å². The molecule has 0 radical (unpaired) electrons. The molecule has 10 heteroatoms. The zero-order valence-corrected chi connectivity index (χ0v) is 24.0. The van der Waals surface area contributed by atoms with Gasteiger partial charge in [-0.1, -0.05) is 31.9 Å². The molecule has 10 nitrogen and oxygen atoms in total. The molecule has 0 atom stereocenters. The summed E-state index contributed by atoms with van der Waals surface area (Å²) in [6, 6.07) is 8.37. The van der Waals surface area contributed by atoms with Crippen molar-refractivity contribution in [2.75, 3.05) is 50.9 Å². The number of aromatic nitrogens is 3. The number of hydrogen-bond donors (Lipinski definition) is 2. The van der Waals surface area contributed by atoms with Crippen LogP contribution < -0.4 is 15.8 Å². The molecule has 0 saturated carbocycles. The maximum Gasteiger partial charge on any atom is 0.410 e. The van der Waals surface area contributed by atoms with E-state index in [0.29, 0.717) is 19.6 Å². The Morgan fingerprint density at radius 1 is 1.08 bits per heavy atom. The SMILES string of the molecule is CCCCCNc1nc(N)nc2ccn(Cc3ccc(CN4CCN(C(=O)OC(C)(C)C)CC4)cc3OC)c12. The number of nitrogen functional groups attached to an aromatic ring is 1. The average Bonchev–Trinajstić information content (AvgIpc) is 3.29. The summed E-state index contributed by atoms with van der Waals surface area (Å²) in [6.07, 6.45) is 5.19. The van der Waals surface area contributed by atoms with Crippen LogP contribution in [0, 0.1) is 0 Å². The number of nitrogens with one attached hydrogen (secondary N) is 1. The third-order valence-electron chi connectivity index (χ3n) is 6.82. The smallest absolute Gasteiger partial charge is 0.410 e. The highest BCUT2D eigenvalue weighted by molar-refractivity contribution is 5.87. The standard InChI is InChI=1S/C29H43N7O3/c1-6-7-8-12-31-26-25-23(32-27(30)33-26)11-13-36(25)20-22-10-9-21(18-24(22)38-5)19-34-14-16-35(17-15-34)28(37)39-29(2,3)4/h9-11,13,18H,6-8,12,14-17,19-20H2,1-5H3,(H3,30,31,32,33). The Morgan fingerprint density at radius 2 is 1.85 bits per heavy atom. The number of benzene rings is 1. The zero-order valence-electron chi connectivity index (χ0n) is 24.0. The molecule has 1 saturated heterocycles. The van der Waals surface area contributed by atoms with Crippen LogP contribution in [0.1, 0.15) is 58.1 Å². The second-order valence-corrected chi connectivity index (χ2v) is 11.1. The number of piperazine rings is 1. The van der Waals surface area contributed by atoms with Crippen molar-refractivity contribution in [2.24, 2.45) is 0 Å². The van der Waals surface area contributed by atoms with Crippen molar-refractivity contribution in [1.29, 1.82) is 0 Å². The Balaban J connectivity index is 1.43. The number of nitrogens with zero attached hydrogens (tertiary/aromatic N) is 5. The predicted molar refractivity (Wildman–Crippen MR) is 155 cm³/mol. The Bertz CT molecular complexity index is 1260. The Labute approximate surface area is 231 Å². The molecular weight excluding hydrogens is 494 g/mol. The van der Waals surface area contributed by atoms with Crippen LogP contribution >= 0.6 is 0 Å². The van der Waals surface area contributed by atoms with E-state index < -0.39 is 5.60 Å². The Hall–Kier alpha value is -3.53. The van der Waals surface area contributed by atoms with Gasteiger partial charge in [-0.3, -0.25) is 4.90 Å². The summed E-state index contributed by atoms with van der Waals surface area (Å²) in [6.45, 7) is 13.1. The van der Waals surface area contributed by atoms with Gasteiger partial charge in [-0.2, -0.15) is 4.98 Å². The van der Waals surface area contributed by atoms with Crippen LogP contribution in [-0.4, -0.2) is 75.9 Å². The van der Waals surface area contributed by atoms with Gasteiger partial charge >= 0.3 is 6.09 Å². The molecule has 0 unspecified atom stereocenters. The zero-order chi connectivity index (χ0) is 28.0. The lowest BCUT2D eigenvalue weighted by atomic mass is 10.1. The summed E-state index contributed by atoms with van der Waals surface area (Å²) in [5, 5.41) is 3.46. The van der Waals surface area contributed by atoms with Gasteiger partial charge in [0.15, 0.2) is 5.82 Å². The first kappa shape index (κ1) is 28.5. The lowest BCUT2D eigenvalue weighted by Crippen LogP contribution is -2.49. The summed E-state index contributed by atoms with van der Waals surface area (Å²) in [5.41, 5.74) is 9.51. The number of carbonyl (C=O) groups excluding carboxylic acids is 1. The van der Waals surface area contributed by atoms with E-state index >= 15 is 0 Å². The average molecular weight is 538 g/mol. The third-order valence-corrected chi connectivity index (χ3v) is 6.82. The van der Waals surface area contributed by atoms with Gasteiger partial charge in [0.1, 0.15) is 16.9 Å². The molecule has 39 heavy (non-hydrogen) atoms. The molecule has 1 fully saturated rings. The van der Waals surface area contributed by atoms with Crippen molar-refractivity contribution in [2.45, 2.75) is 65.6 Å². The van der Waals surface area contributed by atoms with Crippen LogP contribution in [0.2, 0.25) is 0 Å². The van der Waals surface area contributed by atoms with Gasteiger partial charge in [0.2, 0.25) is 5.95 Å². The number of ether oxygens (including phenoxy) is 2. The highest BCUT2D eigenvalue weighted by atomic mass is 16.6. The summed E-state index contributed by atoms with van der Waals surface area (Å²) in [5.74, 6) is 1.88. The third kappa shape index (κ3) is 7.53. The summed E-state index contributed by atoms with van der Waals surface area (Å²) >= 11 is 0. The van der Waals surface area contributed by atoms with Gasteiger partial charge < -0.3 is 30.0 Å². The van der Waals surface area contributed by atoms with E-state index in [1.165, 1.54) is 12.0 Å². The molecule has 0 bridgehead atoms. The van der Waals surface area contributed by atoms with E-state index in [4.69, 9.17) is 15.2 Å². The largest absolute Gasteiger partial charge is 0.496 e. The fraction of sp³-hybridized carbons (Fsp3) is 0.552. The minimum atomic E-state index is -0.480. The predicted octanol–water partition coefficient (Wildman–Crippen LogP) is 4.73. The Kier molecular flexibility index (Phi) is 9.16. The molecule has 0 aliphatic carbocycles. The summed E-state index contributed by atoms with van der Waals surface area (Å²) < 4.78 is 13.5. The van der Waals surface area contributed by atoms with Gasteiger partial charge in [-0.05, 0) is 44.9 Å². The number of nitrogens with two attached hydrogens (primary N) is 1. The van der Waals surface area contributed by atoms with Crippen molar-refractivity contribution < 1.29 is 14.3 Å². The Morgan fingerprint density at radius 3 is 2.54 bits per heavy atom. The number of fused-ring (bicyclic) bond motifs is 1. The fourth-order valence-electron chi connectivity index (χ4n) is 4.84. The first-order valence-corrected chi connectivity index (χ1v) is 13.9. The van der Waals surface area contributed by atoms with Crippen molar-refractivity contribution in [3.63, 3.8) is 0 Å². The van der Waals surface area contributed by atoms with E-state index in [0.717, 1.165) is 67.2 Å². The molecule has 1 aromatic carbocycles. The molecule has 1 amide bonds. The highest BCUT2D eigenvalue weighted by Crippen LogP contribution is 2.27. The van der Waals surface area contributed by atoms with E-state index in [2.05, 4.69) is 49.9 Å². The number of anilines is 2. The van der Waals surface area contributed by atoms with Gasteiger partial charge in [-0.25, -0.2) is 9.78 Å². The number of unbranched alkanes of at least 4 members (excludes halogenated alkanes) is 2. The molecule has 4 rings (SSSR count). The molecule has 0 spiro atoms. The molecule has 3 aromatic rings. The first-order chi connectivity index (χ1) is 18.7. The van der Waals surface area contributed by atoms with Crippen molar-refractivity contribution in [3.05, 3.63) is 41.6 Å². The van der Waals surface area contributed by atoms with Crippen LogP contribution in [0.4, 0.5) is 16.6 Å². The number of carbonyl (C=O) groups is 1. The minimum Gasteiger partial charge on any atom is -0.496 e. The molecular formula is C29H43N7O3. The molecule has 1 aliphatic heterocycles.